The molecule has 0 spiro atoms. The summed E-state index contributed by atoms with van der Waals surface area (Å²) in [5.74, 6) is 1.52. The number of aromatic nitrogens is 1. The molecular formula is C19H21N3O3. The van der Waals surface area contributed by atoms with Crippen LogP contribution in [0.15, 0.2) is 36.5 Å². The number of hydrogen-bond donors (Lipinski definition) is 1. The van der Waals surface area contributed by atoms with Crippen LogP contribution in [0.2, 0.25) is 0 Å². The van der Waals surface area contributed by atoms with Gasteiger partial charge in [0.25, 0.3) is 5.91 Å². The third-order valence-electron chi connectivity index (χ3n) is 4.46. The molecule has 2 aromatic rings. The summed E-state index contributed by atoms with van der Waals surface area (Å²) < 4.78 is 11.1. The first-order valence-electron chi connectivity index (χ1n) is 8.71. The summed E-state index contributed by atoms with van der Waals surface area (Å²) in [6.07, 6.45) is 5.05. The molecule has 0 bridgehead atoms. The second-order valence-electron chi connectivity index (χ2n) is 6.27. The maximum absolute atomic E-state index is 12.4. The number of ether oxygens (including phenoxy) is 2. The fourth-order valence-electron chi connectivity index (χ4n) is 3.14. The summed E-state index contributed by atoms with van der Waals surface area (Å²) in [4.78, 5) is 18.7. The second-order valence-corrected chi connectivity index (χ2v) is 6.27. The van der Waals surface area contributed by atoms with Crippen LogP contribution in [0.1, 0.15) is 29.8 Å². The van der Waals surface area contributed by atoms with Gasteiger partial charge < -0.3 is 19.7 Å². The minimum absolute atomic E-state index is 0.0191. The number of piperidine rings is 1. The van der Waals surface area contributed by atoms with Crippen molar-refractivity contribution in [2.75, 3.05) is 31.6 Å². The standard InChI is InChI=1S/C19H21N3O3/c23-19(22-8-2-1-3-9-22)16-6-4-15(13-20-16)21-14-5-7-17-18(12-14)25-11-10-24-17/h4-7,12-13,21H,1-3,8-11H2. The highest BCUT2D eigenvalue weighted by Crippen LogP contribution is 2.33. The molecule has 2 aliphatic rings. The van der Waals surface area contributed by atoms with Crippen molar-refractivity contribution in [2.24, 2.45) is 0 Å². The number of hydrogen-bond acceptors (Lipinski definition) is 5. The molecule has 1 amide bonds. The fourth-order valence-corrected chi connectivity index (χ4v) is 3.14. The van der Waals surface area contributed by atoms with Gasteiger partial charge in [0.05, 0.1) is 11.9 Å². The molecule has 4 rings (SSSR count). The number of benzene rings is 1. The maximum atomic E-state index is 12.4. The highest BCUT2D eigenvalue weighted by molar-refractivity contribution is 5.92. The van der Waals surface area contributed by atoms with Gasteiger partial charge >= 0.3 is 0 Å². The van der Waals surface area contributed by atoms with E-state index in [2.05, 4.69) is 10.3 Å². The van der Waals surface area contributed by atoms with E-state index in [1.165, 1.54) is 6.42 Å². The molecule has 0 saturated carbocycles. The Morgan fingerprint density at radius 2 is 1.72 bits per heavy atom. The van der Waals surface area contributed by atoms with E-state index in [1.54, 1.807) is 12.3 Å². The van der Waals surface area contributed by atoms with E-state index >= 15 is 0 Å². The van der Waals surface area contributed by atoms with Gasteiger partial charge in [-0.2, -0.15) is 0 Å². The van der Waals surface area contributed by atoms with Crippen molar-refractivity contribution >= 4 is 17.3 Å². The van der Waals surface area contributed by atoms with E-state index in [9.17, 15) is 4.79 Å². The molecular weight excluding hydrogens is 318 g/mol. The molecule has 1 aromatic carbocycles. The minimum atomic E-state index is 0.0191. The van der Waals surface area contributed by atoms with Gasteiger partial charge in [0.2, 0.25) is 0 Å². The van der Waals surface area contributed by atoms with Crippen molar-refractivity contribution in [2.45, 2.75) is 19.3 Å². The number of nitrogens with zero attached hydrogens (tertiary/aromatic N) is 2. The smallest absolute Gasteiger partial charge is 0.272 e. The molecule has 6 heteroatoms. The van der Waals surface area contributed by atoms with E-state index < -0.39 is 0 Å². The summed E-state index contributed by atoms with van der Waals surface area (Å²) in [6.45, 7) is 2.80. The van der Waals surface area contributed by atoms with E-state index in [1.807, 2.05) is 29.2 Å². The molecule has 1 N–H and O–H groups in total. The molecule has 0 atom stereocenters. The van der Waals surface area contributed by atoms with Gasteiger partial charge in [0, 0.05) is 24.8 Å². The molecule has 25 heavy (non-hydrogen) atoms. The first kappa shape index (κ1) is 15.7. The summed E-state index contributed by atoms with van der Waals surface area (Å²) in [7, 11) is 0. The zero-order valence-electron chi connectivity index (χ0n) is 14.0. The number of likely N-dealkylation sites (tertiary alicyclic amines) is 1. The fraction of sp³-hybridized carbons (Fsp3) is 0.368. The number of rotatable bonds is 3. The molecule has 1 aromatic heterocycles. The Kier molecular flexibility index (Phi) is 4.41. The predicted molar refractivity (Wildman–Crippen MR) is 94.7 cm³/mol. The van der Waals surface area contributed by atoms with Crippen LogP contribution in [0.25, 0.3) is 0 Å². The van der Waals surface area contributed by atoms with Gasteiger partial charge in [0.1, 0.15) is 18.9 Å². The minimum Gasteiger partial charge on any atom is -0.486 e. The SMILES string of the molecule is O=C(c1ccc(Nc2ccc3c(c2)OCCO3)cn1)N1CCCCC1. The topological polar surface area (TPSA) is 63.7 Å². The lowest BCUT2D eigenvalue weighted by Crippen LogP contribution is -2.36. The lowest BCUT2D eigenvalue weighted by molar-refractivity contribution is 0.0718. The van der Waals surface area contributed by atoms with Crippen molar-refractivity contribution in [1.82, 2.24) is 9.88 Å². The van der Waals surface area contributed by atoms with Crippen molar-refractivity contribution in [1.29, 1.82) is 0 Å². The average Bonchev–Trinajstić information content (AvgIpc) is 2.69. The summed E-state index contributed by atoms with van der Waals surface area (Å²) in [5.41, 5.74) is 2.21. The second kappa shape index (κ2) is 7.01. The van der Waals surface area contributed by atoms with Crippen LogP contribution >= 0.6 is 0 Å². The predicted octanol–water partition coefficient (Wildman–Crippen LogP) is 3.22. The van der Waals surface area contributed by atoms with Gasteiger partial charge in [-0.25, -0.2) is 4.98 Å². The highest BCUT2D eigenvalue weighted by atomic mass is 16.6. The first-order chi connectivity index (χ1) is 12.3. The van der Waals surface area contributed by atoms with Crippen LogP contribution in [0.4, 0.5) is 11.4 Å². The van der Waals surface area contributed by atoms with Crippen LogP contribution in [0.3, 0.4) is 0 Å². The Bertz CT molecular complexity index is 755. The number of amides is 1. The van der Waals surface area contributed by atoms with Crippen LogP contribution in [0.5, 0.6) is 11.5 Å². The molecule has 130 valence electrons. The first-order valence-corrected chi connectivity index (χ1v) is 8.71. The number of fused-ring (bicyclic) bond motifs is 1. The van der Waals surface area contributed by atoms with E-state index in [0.717, 1.165) is 48.8 Å². The van der Waals surface area contributed by atoms with Crippen LogP contribution < -0.4 is 14.8 Å². The number of nitrogens with one attached hydrogen (secondary N) is 1. The number of pyridine rings is 1. The largest absolute Gasteiger partial charge is 0.486 e. The zero-order chi connectivity index (χ0) is 17.1. The van der Waals surface area contributed by atoms with Crippen molar-refractivity contribution in [3.8, 4) is 11.5 Å². The Morgan fingerprint density at radius 3 is 2.48 bits per heavy atom. The molecule has 6 nitrogen and oxygen atoms in total. The van der Waals surface area contributed by atoms with Gasteiger partial charge in [-0.1, -0.05) is 0 Å². The molecule has 0 aliphatic carbocycles. The quantitative estimate of drug-likeness (QED) is 0.930. The Balaban J connectivity index is 1.44. The summed E-state index contributed by atoms with van der Waals surface area (Å²) in [6, 6.07) is 9.37. The molecule has 0 unspecified atom stereocenters. The van der Waals surface area contributed by atoms with Gasteiger partial charge in [-0.15, -0.1) is 0 Å². The lowest BCUT2D eigenvalue weighted by Gasteiger charge is -2.26. The van der Waals surface area contributed by atoms with Crippen LogP contribution in [-0.2, 0) is 0 Å². The molecule has 1 fully saturated rings. The van der Waals surface area contributed by atoms with Crippen LogP contribution in [0, 0.1) is 0 Å². The van der Waals surface area contributed by atoms with Crippen LogP contribution in [-0.4, -0.2) is 42.1 Å². The monoisotopic (exact) mass is 339 g/mol. The lowest BCUT2D eigenvalue weighted by atomic mass is 10.1. The Labute approximate surface area is 146 Å². The molecule has 1 saturated heterocycles. The Morgan fingerprint density at radius 1 is 0.960 bits per heavy atom. The summed E-state index contributed by atoms with van der Waals surface area (Å²) >= 11 is 0. The highest BCUT2D eigenvalue weighted by Gasteiger charge is 2.19. The molecule has 2 aliphatic heterocycles. The summed E-state index contributed by atoms with van der Waals surface area (Å²) in [5, 5.41) is 3.28. The normalized spacial score (nSPS) is 16.4. The van der Waals surface area contributed by atoms with Gasteiger partial charge in [-0.05, 0) is 43.5 Å². The maximum Gasteiger partial charge on any atom is 0.272 e. The van der Waals surface area contributed by atoms with E-state index in [4.69, 9.17) is 9.47 Å². The zero-order valence-corrected chi connectivity index (χ0v) is 14.0. The Hall–Kier alpha value is -2.76. The van der Waals surface area contributed by atoms with Crippen molar-refractivity contribution in [3.63, 3.8) is 0 Å². The third-order valence-corrected chi connectivity index (χ3v) is 4.46. The van der Waals surface area contributed by atoms with Crippen molar-refractivity contribution < 1.29 is 14.3 Å². The number of carbonyl (C=O) groups excluding carboxylic acids is 1. The molecule has 3 heterocycles. The van der Waals surface area contributed by atoms with Gasteiger partial charge in [-0.3, -0.25) is 4.79 Å². The average molecular weight is 339 g/mol. The van der Waals surface area contributed by atoms with E-state index in [-0.39, 0.29) is 5.91 Å². The molecule has 0 radical (unpaired) electrons. The number of carbonyl (C=O) groups is 1. The van der Waals surface area contributed by atoms with Crippen molar-refractivity contribution in [3.05, 3.63) is 42.2 Å². The third kappa shape index (κ3) is 3.52. The number of anilines is 2. The van der Waals surface area contributed by atoms with E-state index in [0.29, 0.717) is 18.9 Å². The van der Waals surface area contributed by atoms with Gasteiger partial charge in [0.15, 0.2) is 11.5 Å².